The molecule has 0 saturated heterocycles. The summed E-state index contributed by atoms with van der Waals surface area (Å²) < 4.78 is 0. The van der Waals surface area contributed by atoms with Gasteiger partial charge in [-0.3, -0.25) is 4.79 Å². The van der Waals surface area contributed by atoms with Crippen molar-refractivity contribution in [1.29, 1.82) is 0 Å². The summed E-state index contributed by atoms with van der Waals surface area (Å²) in [5.41, 5.74) is -0.685. The highest BCUT2D eigenvalue weighted by Gasteiger charge is 2.25. The van der Waals surface area contributed by atoms with E-state index in [4.69, 9.17) is 0 Å². The van der Waals surface area contributed by atoms with Crippen LogP contribution in [0.1, 0.15) is 40.0 Å². The molecule has 0 aliphatic heterocycles. The Morgan fingerprint density at radius 2 is 2.15 bits per heavy atom. The minimum atomic E-state index is -0.685. The van der Waals surface area contributed by atoms with Gasteiger partial charge < -0.3 is 5.11 Å². The lowest BCUT2D eigenvalue weighted by Crippen LogP contribution is -2.31. The first-order valence-electron chi connectivity index (χ1n) is 4.87. The van der Waals surface area contributed by atoms with Gasteiger partial charge in [0, 0.05) is 0 Å². The topological polar surface area (TPSA) is 37.3 Å². The van der Waals surface area contributed by atoms with Gasteiger partial charge >= 0.3 is 0 Å². The largest absolute Gasteiger partial charge is 0.390 e. The fraction of sp³-hybridized carbons (Fsp3) is 0.727. The van der Waals surface area contributed by atoms with Gasteiger partial charge in [0.05, 0.1) is 5.60 Å². The van der Waals surface area contributed by atoms with Gasteiger partial charge in [0.2, 0.25) is 0 Å². The van der Waals surface area contributed by atoms with Crippen LogP contribution >= 0.6 is 0 Å². The zero-order valence-corrected chi connectivity index (χ0v) is 8.79. The predicted molar refractivity (Wildman–Crippen MR) is 54.5 cm³/mol. The van der Waals surface area contributed by atoms with E-state index in [2.05, 4.69) is 6.92 Å². The molecule has 0 radical (unpaired) electrons. The van der Waals surface area contributed by atoms with Crippen LogP contribution in [0.25, 0.3) is 0 Å². The number of carbonyl (C=O) groups excluding carboxylic acids is 1. The van der Waals surface area contributed by atoms with Crippen LogP contribution in [0.15, 0.2) is 12.2 Å². The Balaban J connectivity index is 4.04. The molecule has 13 heavy (non-hydrogen) atoms. The van der Waals surface area contributed by atoms with Gasteiger partial charge in [0.25, 0.3) is 0 Å². The number of carbonyl (C=O) groups is 1. The van der Waals surface area contributed by atoms with Gasteiger partial charge in [0.1, 0.15) is 6.29 Å². The second kappa shape index (κ2) is 5.92. The van der Waals surface area contributed by atoms with Gasteiger partial charge in [0.15, 0.2) is 0 Å². The molecule has 0 aromatic rings. The Kier molecular flexibility index (Phi) is 5.63. The van der Waals surface area contributed by atoms with Crippen molar-refractivity contribution in [2.75, 3.05) is 0 Å². The van der Waals surface area contributed by atoms with Gasteiger partial charge in [-0.1, -0.05) is 26.3 Å². The summed E-state index contributed by atoms with van der Waals surface area (Å²) in [6, 6.07) is 0. The van der Waals surface area contributed by atoms with Crippen molar-refractivity contribution in [3.05, 3.63) is 12.2 Å². The molecule has 0 bridgehead atoms. The Morgan fingerprint density at radius 3 is 2.62 bits per heavy atom. The van der Waals surface area contributed by atoms with Crippen LogP contribution in [-0.2, 0) is 4.79 Å². The third-order valence-corrected chi connectivity index (χ3v) is 2.53. The molecule has 76 valence electrons. The van der Waals surface area contributed by atoms with Gasteiger partial charge in [-0.05, 0) is 31.8 Å². The fourth-order valence-corrected chi connectivity index (χ4v) is 1.31. The van der Waals surface area contributed by atoms with Crippen LogP contribution in [0.2, 0.25) is 0 Å². The Morgan fingerprint density at radius 1 is 1.54 bits per heavy atom. The second-order valence-corrected chi connectivity index (χ2v) is 3.82. The van der Waals surface area contributed by atoms with Crippen LogP contribution in [-0.4, -0.2) is 17.0 Å². The summed E-state index contributed by atoms with van der Waals surface area (Å²) in [4.78, 5) is 10.0. The van der Waals surface area contributed by atoms with Crippen molar-refractivity contribution in [2.24, 2.45) is 5.92 Å². The maximum absolute atomic E-state index is 10.0. The summed E-state index contributed by atoms with van der Waals surface area (Å²) in [5, 5.41) is 9.97. The van der Waals surface area contributed by atoms with Crippen molar-refractivity contribution < 1.29 is 9.90 Å². The summed E-state index contributed by atoms with van der Waals surface area (Å²) in [6.45, 7) is 5.97. The average molecular weight is 184 g/mol. The molecule has 0 saturated carbocycles. The first-order chi connectivity index (χ1) is 6.04. The Labute approximate surface area is 80.7 Å². The van der Waals surface area contributed by atoms with E-state index in [1.807, 2.05) is 13.8 Å². The normalized spacial score (nSPS) is 18.5. The third kappa shape index (κ3) is 4.83. The molecule has 0 aromatic carbocycles. The van der Waals surface area contributed by atoms with Crippen molar-refractivity contribution in [2.45, 2.75) is 45.6 Å². The van der Waals surface area contributed by atoms with Crippen LogP contribution < -0.4 is 0 Å². The highest BCUT2D eigenvalue weighted by atomic mass is 16.3. The number of rotatable bonds is 6. The Hall–Kier alpha value is -0.630. The number of hydrogen-bond donors (Lipinski definition) is 1. The van der Waals surface area contributed by atoms with E-state index < -0.39 is 5.60 Å². The summed E-state index contributed by atoms with van der Waals surface area (Å²) in [7, 11) is 0. The molecular weight excluding hydrogens is 164 g/mol. The third-order valence-electron chi connectivity index (χ3n) is 2.53. The smallest absolute Gasteiger partial charge is 0.142 e. The molecule has 0 aliphatic carbocycles. The fourth-order valence-electron chi connectivity index (χ4n) is 1.31. The molecule has 2 heteroatoms. The minimum Gasteiger partial charge on any atom is -0.390 e. The van der Waals surface area contributed by atoms with Crippen LogP contribution in [0.3, 0.4) is 0 Å². The molecule has 0 aliphatic rings. The van der Waals surface area contributed by atoms with Crippen molar-refractivity contribution in [1.82, 2.24) is 0 Å². The van der Waals surface area contributed by atoms with E-state index in [0.717, 1.165) is 19.1 Å². The number of allylic oxidation sites excluding steroid dienone is 1. The summed E-state index contributed by atoms with van der Waals surface area (Å²) in [6.07, 6.45) is 6.54. The summed E-state index contributed by atoms with van der Waals surface area (Å²) in [5.74, 6) is 0.272. The van der Waals surface area contributed by atoms with E-state index in [-0.39, 0.29) is 5.92 Å². The zero-order valence-electron chi connectivity index (χ0n) is 8.79. The molecule has 2 nitrogen and oxygen atoms in total. The molecule has 0 spiro atoms. The highest BCUT2D eigenvalue weighted by Crippen LogP contribution is 2.25. The number of aldehydes is 1. The van der Waals surface area contributed by atoms with E-state index in [1.165, 1.54) is 6.08 Å². The van der Waals surface area contributed by atoms with E-state index in [1.54, 1.807) is 6.08 Å². The number of aliphatic hydroxyl groups is 1. The lowest BCUT2D eigenvalue weighted by molar-refractivity contribution is -0.104. The maximum atomic E-state index is 10.0. The van der Waals surface area contributed by atoms with E-state index in [0.29, 0.717) is 6.42 Å². The van der Waals surface area contributed by atoms with Gasteiger partial charge in [-0.15, -0.1) is 0 Å². The monoisotopic (exact) mass is 184 g/mol. The van der Waals surface area contributed by atoms with Crippen molar-refractivity contribution in [3.63, 3.8) is 0 Å². The molecule has 0 rings (SSSR count). The minimum absolute atomic E-state index is 0.272. The lowest BCUT2D eigenvalue weighted by atomic mass is 9.84. The van der Waals surface area contributed by atoms with Crippen LogP contribution in [0, 0.1) is 5.92 Å². The van der Waals surface area contributed by atoms with Gasteiger partial charge in [-0.25, -0.2) is 0 Å². The molecule has 2 unspecified atom stereocenters. The molecule has 0 heterocycles. The molecule has 2 atom stereocenters. The lowest BCUT2D eigenvalue weighted by Gasteiger charge is -2.29. The van der Waals surface area contributed by atoms with Gasteiger partial charge in [-0.2, -0.15) is 0 Å². The second-order valence-electron chi connectivity index (χ2n) is 3.82. The average Bonchev–Trinajstić information content (AvgIpc) is 2.05. The first kappa shape index (κ1) is 12.4. The standard InChI is InChI=1S/C11H20O2/c1-4-7-10(2)11(3,13)8-5-6-9-12/h5-6,9-10,13H,4,7-8H2,1-3H3/b6-5+. The number of hydrogen-bond acceptors (Lipinski definition) is 2. The zero-order chi connectivity index (χ0) is 10.3. The summed E-state index contributed by atoms with van der Waals surface area (Å²) >= 11 is 0. The molecular formula is C11H20O2. The van der Waals surface area contributed by atoms with Crippen LogP contribution in [0.4, 0.5) is 0 Å². The molecule has 0 aromatic heterocycles. The van der Waals surface area contributed by atoms with E-state index in [9.17, 15) is 9.90 Å². The highest BCUT2D eigenvalue weighted by molar-refractivity contribution is 5.64. The van der Waals surface area contributed by atoms with E-state index >= 15 is 0 Å². The first-order valence-corrected chi connectivity index (χ1v) is 4.87. The molecule has 1 N–H and O–H groups in total. The van der Waals surface area contributed by atoms with Crippen molar-refractivity contribution >= 4 is 6.29 Å². The molecule has 0 fully saturated rings. The molecule has 0 amide bonds. The van der Waals surface area contributed by atoms with Crippen molar-refractivity contribution in [3.8, 4) is 0 Å². The predicted octanol–water partition coefficient (Wildman–Crippen LogP) is 2.32. The SMILES string of the molecule is CCCC(C)C(C)(O)C/C=C/C=O. The van der Waals surface area contributed by atoms with Crippen LogP contribution in [0.5, 0.6) is 0 Å². The Bertz CT molecular complexity index is 171. The quantitative estimate of drug-likeness (QED) is 0.508. The maximum Gasteiger partial charge on any atom is 0.142 e.